The zero-order valence-corrected chi connectivity index (χ0v) is 13.3. The van der Waals surface area contributed by atoms with E-state index in [1.54, 1.807) is 6.08 Å². The fraction of sp³-hybridized carbons (Fsp3) is 0.133. The summed E-state index contributed by atoms with van der Waals surface area (Å²) in [5, 5.41) is 0. The molecule has 2 aromatic carbocycles. The number of hydrogen-bond donors (Lipinski definition) is 0. The van der Waals surface area contributed by atoms with E-state index in [0.717, 1.165) is 5.56 Å². The molecule has 2 rings (SSSR count). The van der Waals surface area contributed by atoms with Gasteiger partial charge >= 0.3 is 29.1 Å². The van der Waals surface area contributed by atoms with Crippen molar-refractivity contribution in [1.82, 2.24) is 0 Å². The maximum Gasteiger partial charge on any atom is -1.00 e. The first-order chi connectivity index (χ1) is 10.5. The Kier molecular flexibility index (Phi) is 7.84. The van der Waals surface area contributed by atoms with Gasteiger partial charge in [-0.3, -0.25) is 0 Å². The van der Waals surface area contributed by atoms with Gasteiger partial charge in [0.05, 0.1) is 6.54 Å². The van der Waals surface area contributed by atoms with E-state index in [1.807, 2.05) is 24.3 Å². The van der Waals surface area contributed by atoms with Gasteiger partial charge in [0.15, 0.2) is 0 Å². The molecule has 2 nitrogen and oxygen atoms in total. The summed E-state index contributed by atoms with van der Waals surface area (Å²) in [7, 11) is -8.55. The van der Waals surface area contributed by atoms with Crippen LogP contribution in [0.5, 0.6) is 0 Å². The van der Waals surface area contributed by atoms with Crippen LogP contribution >= 0.6 is 8.16 Å². The number of hydrogen-bond acceptors (Lipinski definition) is 2. The van der Waals surface area contributed by atoms with Crippen molar-refractivity contribution in [3.8, 4) is 11.1 Å². The molecule has 0 saturated heterocycles. The van der Waals surface area contributed by atoms with Crippen molar-refractivity contribution in [2.45, 2.75) is 13.5 Å². The summed E-state index contributed by atoms with van der Waals surface area (Å²) in [6.07, 6.45) is 1.54. The van der Waals surface area contributed by atoms with E-state index in [2.05, 4.69) is 36.2 Å². The molecule has 0 N–H and O–H groups in total. The quantitative estimate of drug-likeness (QED) is 0.353. The Morgan fingerprint density at radius 2 is 1.25 bits per heavy atom. The maximum atomic E-state index is 10.0. The van der Waals surface area contributed by atoms with Gasteiger partial charge in [-0.15, -0.1) is 0 Å². The third-order valence-corrected chi connectivity index (χ3v) is 2.67. The number of isocyanates is 1. The second-order valence-corrected chi connectivity index (χ2v) is 5.89. The minimum Gasteiger partial charge on any atom is -1.00 e. The van der Waals surface area contributed by atoms with E-state index in [1.165, 1.54) is 16.7 Å². The first-order valence-electron chi connectivity index (χ1n) is 6.34. The topological polar surface area (TPSA) is 29.4 Å². The molecule has 24 heavy (non-hydrogen) atoms. The van der Waals surface area contributed by atoms with Crippen molar-refractivity contribution in [1.29, 1.82) is 0 Å². The predicted octanol–water partition coefficient (Wildman–Crippen LogP) is 3.46. The van der Waals surface area contributed by atoms with Crippen LogP contribution in [-0.4, -0.2) is 6.08 Å². The van der Waals surface area contributed by atoms with Crippen LogP contribution in [-0.2, 0) is 11.3 Å². The van der Waals surface area contributed by atoms with Crippen LogP contribution in [0, 0.1) is 6.92 Å². The van der Waals surface area contributed by atoms with E-state index in [-0.39, 0.29) is 4.70 Å². The van der Waals surface area contributed by atoms with Crippen LogP contribution in [0.4, 0.5) is 21.0 Å². The largest absolute Gasteiger partial charge is 1.00 e. The van der Waals surface area contributed by atoms with Gasteiger partial charge in [0, 0.05) is 0 Å². The summed E-state index contributed by atoms with van der Waals surface area (Å²) in [6.45, 7) is 2.47. The predicted molar refractivity (Wildman–Crippen MR) is 80.9 cm³/mol. The number of aliphatic imine (C=N–C) groups is 1. The van der Waals surface area contributed by atoms with Gasteiger partial charge in [0.1, 0.15) is 0 Å². The summed E-state index contributed by atoms with van der Waals surface area (Å²) < 4.78 is 49.2. The minimum atomic E-state index is -8.55. The Bertz CT molecular complexity index is 672. The zero-order chi connectivity index (χ0) is 17.5. The molecule has 132 valence electrons. The summed E-state index contributed by atoms with van der Waals surface area (Å²) in [5.41, 5.74) is 4.64. The van der Waals surface area contributed by atoms with Crippen molar-refractivity contribution < 1.29 is 30.5 Å². The third-order valence-electron chi connectivity index (χ3n) is 2.67. The normalized spacial score (nSPS) is 11.7. The Balaban J connectivity index is 0.000000655. The summed E-state index contributed by atoms with van der Waals surface area (Å²) >= 11 is 0. The van der Waals surface area contributed by atoms with Gasteiger partial charge < -0.3 is 4.70 Å². The smallest absolute Gasteiger partial charge is 1.00 e. The molecular formula is C15H13F6NOP-. The van der Waals surface area contributed by atoms with Gasteiger partial charge in [0.2, 0.25) is 6.08 Å². The Labute approximate surface area is 134 Å². The molecule has 0 saturated carbocycles. The van der Waals surface area contributed by atoms with Crippen molar-refractivity contribution in [3.63, 3.8) is 0 Å². The molecule has 0 aromatic heterocycles. The molecule has 0 fully saturated rings. The van der Waals surface area contributed by atoms with Gasteiger partial charge in [-0.25, -0.2) is 9.79 Å². The van der Waals surface area contributed by atoms with Crippen LogP contribution in [0.25, 0.3) is 11.1 Å². The zero-order valence-electron chi connectivity index (χ0n) is 12.4. The SMILES string of the molecule is Cc1ccc(-c2ccc(CN=C=O)cc2)cc1.FP(F)(F)(F)F.[F-]. The number of aryl methyl sites for hydroxylation is 1. The molecule has 0 heterocycles. The van der Waals surface area contributed by atoms with E-state index in [4.69, 9.17) is 0 Å². The molecule has 0 amide bonds. The molecule has 0 spiro atoms. The average molecular weight is 368 g/mol. The van der Waals surface area contributed by atoms with Crippen LogP contribution in [0.1, 0.15) is 11.1 Å². The second kappa shape index (κ2) is 8.62. The number of halogens is 6. The van der Waals surface area contributed by atoms with E-state index in [9.17, 15) is 25.8 Å². The van der Waals surface area contributed by atoms with E-state index >= 15 is 0 Å². The van der Waals surface area contributed by atoms with E-state index in [0.29, 0.717) is 6.54 Å². The molecule has 0 unspecified atom stereocenters. The average Bonchev–Trinajstić information content (AvgIpc) is 2.44. The van der Waals surface area contributed by atoms with Crippen molar-refractivity contribution in [2.24, 2.45) is 4.99 Å². The van der Waals surface area contributed by atoms with Gasteiger partial charge in [-0.2, -0.15) is 0 Å². The molecular weight excluding hydrogens is 355 g/mol. The second-order valence-electron chi connectivity index (χ2n) is 4.61. The van der Waals surface area contributed by atoms with Crippen LogP contribution in [0.15, 0.2) is 53.5 Å². The van der Waals surface area contributed by atoms with Crippen LogP contribution in [0.2, 0.25) is 0 Å². The summed E-state index contributed by atoms with van der Waals surface area (Å²) in [4.78, 5) is 13.6. The molecule has 9 heteroatoms. The fourth-order valence-corrected chi connectivity index (χ4v) is 1.67. The first-order valence-corrected chi connectivity index (χ1v) is 8.03. The first kappa shape index (κ1) is 21.8. The van der Waals surface area contributed by atoms with Crippen LogP contribution in [0.3, 0.4) is 0 Å². The molecule has 0 radical (unpaired) electrons. The maximum absolute atomic E-state index is 10.0. The third kappa shape index (κ3) is 10.5. The molecule has 2 aromatic rings. The molecule has 0 aliphatic rings. The fourth-order valence-electron chi connectivity index (χ4n) is 1.67. The van der Waals surface area contributed by atoms with Crippen molar-refractivity contribution in [2.75, 3.05) is 0 Å². The summed E-state index contributed by atoms with van der Waals surface area (Å²) in [5.74, 6) is 0. The molecule has 0 aliphatic heterocycles. The van der Waals surface area contributed by atoms with Gasteiger partial charge in [0.25, 0.3) is 0 Å². The Hall–Kier alpha value is -2.17. The molecule has 0 atom stereocenters. The number of benzene rings is 2. The monoisotopic (exact) mass is 368 g/mol. The standard InChI is InChI=1S/C15H13NO.F5P.FH/c1-12-2-6-14(7-3-12)15-8-4-13(5-9-15)10-16-11-17;1-6(2,3,4)5;/h2-9H,10H2,1H3;;1H/p-1. The number of rotatable bonds is 3. The number of carbonyl (C=O) groups excluding carboxylic acids is 1. The molecule has 0 aliphatic carbocycles. The van der Waals surface area contributed by atoms with Gasteiger partial charge in [-0.1, -0.05) is 54.1 Å². The molecule has 0 bridgehead atoms. The summed E-state index contributed by atoms with van der Waals surface area (Å²) in [6, 6.07) is 16.5. The van der Waals surface area contributed by atoms with Crippen LogP contribution < -0.4 is 4.70 Å². The van der Waals surface area contributed by atoms with Gasteiger partial charge in [-0.05, 0) is 23.6 Å². The number of nitrogens with zero attached hydrogens (tertiary/aromatic N) is 1. The van der Waals surface area contributed by atoms with Crippen molar-refractivity contribution >= 4 is 14.2 Å². The minimum absolute atomic E-state index is 0. The van der Waals surface area contributed by atoms with Crippen molar-refractivity contribution in [3.05, 3.63) is 59.7 Å². The Morgan fingerprint density at radius 3 is 1.62 bits per heavy atom. The Morgan fingerprint density at radius 1 is 0.875 bits per heavy atom. The van der Waals surface area contributed by atoms with E-state index < -0.39 is 8.16 Å².